The number of carbonyl (C=O) groups excluding carboxylic acids is 1. The number of hydrogen-bond acceptors (Lipinski definition) is 9. The number of fused-ring (bicyclic) bond motifs is 1. The first-order valence-corrected chi connectivity index (χ1v) is 10.5. The number of aromatic amines is 1. The van der Waals surface area contributed by atoms with Gasteiger partial charge in [-0.2, -0.15) is 4.98 Å². The molecule has 12 heteroatoms. The standard InChI is InChI=1S/C23H21N7O5/c24-23-29-19-18(21(33)30-23)27-15(11-26-19)10-25-14-5-3-13(4-6-14)20(32)28-17(22(34)35)9-12-1-7-16(31)8-2-12/h1-8,11,17,25,31H,9-10H2,(H,28,32)(H,34,35)(H3,24,26,29,30,33)/t17-/m0/s1/i1+1,2+1,7+1,8+1,9+1,12+1,16+1,17+1,22+1. The number of aliphatic carboxylic acids is 1. The number of nitrogen functional groups attached to an aromatic ring is 1. The highest BCUT2D eigenvalue weighted by atomic mass is 16.5. The Bertz CT molecular complexity index is 1440. The van der Waals surface area contributed by atoms with Crippen molar-refractivity contribution >= 4 is 34.7 Å². The van der Waals surface area contributed by atoms with Gasteiger partial charge in [0.05, 0.1) is 18.4 Å². The molecule has 0 spiro atoms. The Morgan fingerprint density at radius 3 is 2.46 bits per heavy atom. The highest BCUT2D eigenvalue weighted by Crippen LogP contribution is 2.14. The Hall–Kier alpha value is -5.00. The summed E-state index contributed by atoms with van der Waals surface area (Å²) in [6.07, 6.45) is 1.54. The molecule has 12 nitrogen and oxygen atoms in total. The quantitative estimate of drug-likeness (QED) is 0.197. The van der Waals surface area contributed by atoms with Crippen LogP contribution in [0.15, 0.2) is 59.5 Å². The first-order chi connectivity index (χ1) is 16.8. The average molecular weight is 484 g/mol. The van der Waals surface area contributed by atoms with E-state index in [-0.39, 0.29) is 41.4 Å². The van der Waals surface area contributed by atoms with Crippen molar-refractivity contribution in [1.82, 2.24) is 25.3 Å². The summed E-state index contributed by atoms with van der Waals surface area (Å²) in [6.45, 7) is 0.256. The Labute approximate surface area is 197 Å². The normalized spacial score (nSPS) is 11.7. The van der Waals surface area contributed by atoms with Crippen molar-refractivity contribution in [2.75, 3.05) is 11.1 Å². The number of carbonyl (C=O) groups is 2. The van der Waals surface area contributed by atoms with Crippen molar-refractivity contribution in [2.45, 2.75) is 19.0 Å². The van der Waals surface area contributed by atoms with Gasteiger partial charge in [-0.15, -0.1) is 0 Å². The summed E-state index contributed by atoms with van der Waals surface area (Å²) >= 11 is 0. The second-order valence-corrected chi connectivity index (χ2v) is 7.65. The number of benzene rings is 2. The summed E-state index contributed by atoms with van der Waals surface area (Å²) in [6, 6.07) is 11.4. The Kier molecular flexibility index (Phi) is 6.53. The summed E-state index contributed by atoms with van der Waals surface area (Å²) in [4.78, 5) is 50.8. The molecule has 7 N–H and O–H groups in total. The molecule has 2 heterocycles. The third-order valence-electron chi connectivity index (χ3n) is 5.09. The van der Waals surface area contributed by atoms with Crippen LogP contribution in [0.25, 0.3) is 11.2 Å². The fourth-order valence-electron chi connectivity index (χ4n) is 3.30. The Balaban J connectivity index is 1.38. The molecule has 0 radical (unpaired) electrons. The van der Waals surface area contributed by atoms with E-state index in [9.17, 15) is 24.6 Å². The maximum absolute atomic E-state index is 12.6. The number of phenols is 1. The number of nitrogens with zero attached hydrogens (tertiary/aromatic N) is 3. The van der Waals surface area contributed by atoms with Crippen molar-refractivity contribution in [1.29, 1.82) is 0 Å². The van der Waals surface area contributed by atoms with Gasteiger partial charge in [0.1, 0.15) is 11.8 Å². The van der Waals surface area contributed by atoms with E-state index in [0.717, 1.165) is 0 Å². The van der Waals surface area contributed by atoms with E-state index in [2.05, 4.69) is 30.6 Å². The Morgan fingerprint density at radius 1 is 1.06 bits per heavy atom. The molecule has 0 saturated carbocycles. The smallest absolute Gasteiger partial charge is 0.326 e. The molecular formula is C23H21N7O5. The lowest BCUT2D eigenvalue weighted by Gasteiger charge is -2.15. The number of anilines is 2. The molecule has 0 aliphatic rings. The van der Waals surface area contributed by atoms with Gasteiger partial charge >= 0.3 is 5.97 Å². The molecule has 0 aliphatic carbocycles. The van der Waals surface area contributed by atoms with Crippen LogP contribution in [0.3, 0.4) is 0 Å². The number of H-pyrrole nitrogens is 1. The number of rotatable bonds is 8. The van der Waals surface area contributed by atoms with Gasteiger partial charge in [-0.1, -0.05) is 12.1 Å². The lowest BCUT2D eigenvalue weighted by molar-refractivity contribution is -0.139. The van der Waals surface area contributed by atoms with Crippen LogP contribution in [0, 0.1) is 0 Å². The third-order valence-corrected chi connectivity index (χ3v) is 5.09. The summed E-state index contributed by atoms with van der Waals surface area (Å²) in [5.74, 6) is -1.67. The van der Waals surface area contributed by atoms with Crippen molar-refractivity contribution in [3.8, 4) is 5.75 Å². The van der Waals surface area contributed by atoms with Gasteiger partial charge in [0.25, 0.3) is 11.5 Å². The van der Waals surface area contributed by atoms with Gasteiger partial charge in [-0.25, -0.2) is 14.8 Å². The number of phenolic OH excluding ortho intramolecular Hbond substituents is 1. The largest absolute Gasteiger partial charge is 0.508 e. The van der Waals surface area contributed by atoms with E-state index in [4.69, 9.17) is 5.73 Å². The van der Waals surface area contributed by atoms with Crippen molar-refractivity contribution < 1.29 is 19.8 Å². The summed E-state index contributed by atoms with van der Waals surface area (Å²) in [5.41, 5.74) is 7.35. The Morgan fingerprint density at radius 2 is 1.77 bits per heavy atom. The van der Waals surface area contributed by atoms with Crippen LogP contribution < -0.4 is 21.9 Å². The molecular weight excluding hydrogens is 463 g/mol. The van der Waals surface area contributed by atoms with E-state index < -0.39 is 23.5 Å². The van der Waals surface area contributed by atoms with E-state index >= 15 is 0 Å². The zero-order chi connectivity index (χ0) is 24.9. The number of amides is 1. The molecule has 1 atom stereocenters. The maximum atomic E-state index is 12.6. The van der Waals surface area contributed by atoms with Gasteiger partial charge in [-0.3, -0.25) is 14.6 Å². The summed E-state index contributed by atoms with van der Waals surface area (Å²) in [5, 5.41) is 24.5. The minimum absolute atomic E-state index is 0.0400. The minimum atomic E-state index is -1.17. The van der Waals surface area contributed by atoms with Crippen LogP contribution >= 0.6 is 0 Å². The number of carboxylic acids is 1. The predicted octanol–water partition coefficient (Wildman–Crippen LogP) is 1.04. The van der Waals surface area contributed by atoms with Crippen molar-refractivity contribution in [2.24, 2.45) is 0 Å². The van der Waals surface area contributed by atoms with Gasteiger partial charge in [0.15, 0.2) is 11.2 Å². The van der Waals surface area contributed by atoms with E-state index in [1.54, 1.807) is 36.4 Å². The number of aromatic nitrogens is 4. The number of hydrogen-bond donors (Lipinski definition) is 6. The van der Waals surface area contributed by atoms with Crippen LogP contribution in [0.5, 0.6) is 5.75 Å². The molecule has 0 aliphatic heterocycles. The second kappa shape index (κ2) is 9.87. The van der Waals surface area contributed by atoms with E-state index in [1.165, 1.54) is 18.3 Å². The minimum Gasteiger partial charge on any atom is -0.508 e. The van der Waals surface area contributed by atoms with Gasteiger partial charge in [0.2, 0.25) is 5.95 Å². The number of nitrogens with one attached hydrogen (secondary N) is 3. The highest BCUT2D eigenvalue weighted by Gasteiger charge is 2.21. The number of carboxylic acid groups (broad SMARTS) is 1. The lowest BCUT2D eigenvalue weighted by Crippen LogP contribution is -2.42. The summed E-state index contributed by atoms with van der Waals surface area (Å²) < 4.78 is 0. The zero-order valence-corrected chi connectivity index (χ0v) is 18.2. The average Bonchev–Trinajstić information content (AvgIpc) is 2.84. The predicted molar refractivity (Wildman–Crippen MR) is 127 cm³/mol. The van der Waals surface area contributed by atoms with Crippen molar-refractivity contribution in [3.63, 3.8) is 0 Å². The fourth-order valence-corrected chi connectivity index (χ4v) is 3.30. The molecule has 0 saturated heterocycles. The van der Waals surface area contributed by atoms with Crippen LogP contribution in [-0.2, 0) is 17.8 Å². The number of nitrogens with two attached hydrogens (primary N) is 1. The molecule has 1 amide bonds. The molecule has 2 aromatic heterocycles. The molecule has 4 rings (SSSR count). The highest BCUT2D eigenvalue weighted by molar-refractivity contribution is 5.96. The monoisotopic (exact) mass is 484 g/mol. The van der Waals surface area contributed by atoms with Crippen LogP contribution in [0.4, 0.5) is 11.6 Å². The topological polar surface area (TPSA) is 196 Å². The van der Waals surface area contributed by atoms with Crippen LogP contribution in [0.1, 0.15) is 21.6 Å². The molecule has 2 aromatic carbocycles. The molecule has 178 valence electrons. The van der Waals surface area contributed by atoms with Gasteiger partial charge < -0.3 is 26.6 Å². The third kappa shape index (κ3) is 5.68. The zero-order valence-electron chi connectivity index (χ0n) is 18.2. The van der Waals surface area contributed by atoms with E-state index in [1.807, 2.05) is 0 Å². The van der Waals surface area contributed by atoms with Crippen LogP contribution in [0.2, 0.25) is 0 Å². The second-order valence-electron chi connectivity index (χ2n) is 7.65. The summed E-state index contributed by atoms with van der Waals surface area (Å²) in [7, 11) is 0. The first kappa shape index (κ1) is 23.2. The fraction of sp³-hybridized carbons (Fsp3) is 0.130. The number of aromatic hydroxyl groups is 1. The van der Waals surface area contributed by atoms with E-state index in [0.29, 0.717) is 16.9 Å². The first-order valence-electron chi connectivity index (χ1n) is 10.5. The molecule has 4 aromatic rings. The van der Waals surface area contributed by atoms with Crippen LogP contribution in [-0.4, -0.2) is 48.1 Å². The molecule has 35 heavy (non-hydrogen) atoms. The lowest BCUT2D eigenvalue weighted by atomic mass is 10.2. The maximum Gasteiger partial charge on any atom is 0.326 e. The SMILES string of the molecule is Nc1nc2ncc(CNc3ccc(C(=O)N[13C@@H]([13CH2][13c]4[13cH][13cH][13c](O)[13cH][13cH]4)[13C](=O)O)cc3)nc2c(=O)[nH]1. The molecule has 0 bridgehead atoms. The van der Waals surface area contributed by atoms with Gasteiger partial charge in [-0.05, 0) is 42.0 Å². The molecule has 0 fully saturated rings. The molecule has 0 unspecified atom stereocenters. The van der Waals surface area contributed by atoms with Crippen molar-refractivity contribution in [3.05, 3.63) is 81.9 Å². The van der Waals surface area contributed by atoms with Gasteiger partial charge in [0, 0.05) is 17.7 Å².